The Hall–Kier alpha value is -1.84. The molecule has 1 atom stereocenters. The molecule has 4 heterocycles. The molecule has 10 heteroatoms. The summed E-state index contributed by atoms with van der Waals surface area (Å²) in [5.74, 6) is 3.37. The summed E-state index contributed by atoms with van der Waals surface area (Å²) in [6.45, 7) is 1.92. The van der Waals surface area contributed by atoms with Gasteiger partial charge in [0.1, 0.15) is 16.5 Å². The molecule has 2 aromatic heterocycles. The lowest BCUT2D eigenvalue weighted by atomic mass is 9.57. The van der Waals surface area contributed by atoms with Gasteiger partial charge in [0.2, 0.25) is 5.95 Å². The smallest absolute Gasteiger partial charge is 0.227 e. The van der Waals surface area contributed by atoms with E-state index in [1.165, 1.54) is 0 Å². The van der Waals surface area contributed by atoms with Crippen molar-refractivity contribution in [2.45, 2.75) is 66.7 Å². The summed E-state index contributed by atoms with van der Waals surface area (Å²) in [5, 5.41) is 14.1. The lowest BCUT2D eigenvalue weighted by Crippen LogP contribution is -2.62. The van der Waals surface area contributed by atoms with Crippen LogP contribution in [0.1, 0.15) is 62.4 Å². The Morgan fingerprint density at radius 2 is 1.88 bits per heavy atom. The third-order valence-electron chi connectivity index (χ3n) is 8.54. The average Bonchev–Trinajstić information content (AvgIpc) is 3.43. The predicted octanol–water partition coefficient (Wildman–Crippen LogP) is 2.78. The second kappa shape index (κ2) is 6.86. The Bertz CT molecular complexity index is 1150. The van der Waals surface area contributed by atoms with E-state index in [4.69, 9.17) is 21.6 Å². The summed E-state index contributed by atoms with van der Waals surface area (Å²) in [7, 11) is -1.08. The molecule has 8 nitrogen and oxygen atoms in total. The van der Waals surface area contributed by atoms with Crippen LogP contribution in [0.25, 0.3) is 0 Å². The van der Waals surface area contributed by atoms with Crippen molar-refractivity contribution in [3.05, 3.63) is 28.9 Å². The summed E-state index contributed by atoms with van der Waals surface area (Å²) >= 11 is 5.92. The summed E-state index contributed by atoms with van der Waals surface area (Å²) in [6, 6.07) is 0. The van der Waals surface area contributed by atoms with E-state index < -0.39 is 10.8 Å². The van der Waals surface area contributed by atoms with Gasteiger partial charge in [0.05, 0.1) is 33.7 Å². The monoisotopic (exact) mass is 486 g/mol. The molecular weight excluding hydrogens is 460 g/mol. The third-order valence-corrected chi connectivity index (χ3v) is 10.4. The molecule has 3 aliphatic carbocycles. The van der Waals surface area contributed by atoms with Crippen molar-refractivity contribution in [1.82, 2.24) is 19.9 Å². The zero-order chi connectivity index (χ0) is 22.4. The maximum Gasteiger partial charge on any atom is 0.227 e. The summed E-state index contributed by atoms with van der Waals surface area (Å²) < 4.78 is 13.0. The lowest BCUT2D eigenvalue weighted by Gasteiger charge is -2.58. The number of anilines is 2. The van der Waals surface area contributed by atoms with Crippen molar-refractivity contribution in [3.63, 3.8) is 0 Å². The largest absolute Gasteiger partial charge is 0.394 e. The number of nitrogens with zero attached hydrogens (tertiary/aromatic N) is 5. The molecule has 4 fully saturated rings. The van der Waals surface area contributed by atoms with Crippen molar-refractivity contribution < 1.29 is 9.32 Å². The highest BCUT2D eigenvalue weighted by Crippen LogP contribution is 2.58. The minimum Gasteiger partial charge on any atom is -0.394 e. The molecule has 2 aliphatic heterocycles. The summed E-state index contributed by atoms with van der Waals surface area (Å²) in [5.41, 5.74) is 0.918. The Morgan fingerprint density at radius 1 is 1.15 bits per heavy atom. The van der Waals surface area contributed by atoms with Crippen molar-refractivity contribution in [2.24, 2.45) is 5.41 Å². The highest BCUT2D eigenvalue weighted by molar-refractivity contribution is 7.85. The van der Waals surface area contributed by atoms with Crippen LogP contribution in [0.5, 0.6) is 0 Å². The molecule has 2 N–H and O–H groups in total. The van der Waals surface area contributed by atoms with Crippen LogP contribution >= 0.6 is 11.6 Å². The van der Waals surface area contributed by atoms with E-state index in [-0.39, 0.29) is 23.0 Å². The van der Waals surface area contributed by atoms with Crippen LogP contribution in [0.15, 0.2) is 17.3 Å². The molecule has 0 unspecified atom stereocenters. The van der Waals surface area contributed by atoms with E-state index in [1.54, 1.807) is 12.4 Å². The van der Waals surface area contributed by atoms with Crippen LogP contribution in [0.2, 0.25) is 5.02 Å². The number of hydrogen-bond donors (Lipinski definition) is 2. The normalized spacial score (nSPS) is 27.6. The van der Waals surface area contributed by atoms with Gasteiger partial charge in [-0.3, -0.25) is 4.21 Å². The molecule has 2 spiro atoms. The molecule has 0 aromatic carbocycles. The summed E-state index contributed by atoms with van der Waals surface area (Å²) in [6.07, 6.45) is 10.5. The van der Waals surface area contributed by atoms with E-state index in [0.29, 0.717) is 22.5 Å². The lowest BCUT2D eigenvalue weighted by molar-refractivity contribution is 0.0582. The van der Waals surface area contributed by atoms with Crippen molar-refractivity contribution in [2.75, 3.05) is 35.7 Å². The fourth-order valence-corrected chi connectivity index (χ4v) is 8.16. The first-order valence-electron chi connectivity index (χ1n) is 11.8. The van der Waals surface area contributed by atoms with Gasteiger partial charge in [-0.05, 0) is 44.9 Å². The van der Waals surface area contributed by atoms with Gasteiger partial charge in [-0.25, -0.2) is 15.0 Å². The van der Waals surface area contributed by atoms with Crippen molar-refractivity contribution in [3.8, 4) is 0 Å². The number of aromatic nitrogens is 4. The number of nitrogens with one attached hydrogen (secondary N) is 1. The number of halogens is 1. The maximum absolute atomic E-state index is 13.0. The Balaban J connectivity index is 1.13. The minimum absolute atomic E-state index is 0.0175. The van der Waals surface area contributed by atoms with E-state index in [9.17, 15) is 9.32 Å². The second-order valence-electron chi connectivity index (χ2n) is 11.0. The molecule has 0 bridgehead atoms. The molecule has 7 rings (SSSR count). The average molecular weight is 487 g/mol. The van der Waals surface area contributed by atoms with Crippen LogP contribution < -0.4 is 10.2 Å². The maximum atomic E-state index is 13.0. The van der Waals surface area contributed by atoms with Gasteiger partial charge in [0.25, 0.3) is 0 Å². The number of hydrogen-bond acceptors (Lipinski definition) is 8. The fraction of sp³-hybridized carbons (Fsp3) is 0.652. The van der Waals surface area contributed by atoms with Crippen LogP contribution in [-0.4, -0.2) is 60.2 Å². The molecule has 174 valence electrons. The van der Waals surface area contributed by atoms with Crippen molar-refractivity contribution >= 4 is 34.2 Å². The third kappa shape index (κ3) is 3.08. The Morgan fingerprint density at radius 3 is 2.48 bits per heavy atom. The van der Waals surface area contributed by atoms with Gasteiger partial charge in [-0.15, -0.1) is 0 Å². The van der Waals surface area contributed by atoms with Gasteiger partial charge in [-0.2, -0.15) is 4.98 Å². The first-order valence-corrected chi connectivity index (χ1v) is 13.5. The zero-order valence-corrected chi connectivity index (χ0v) is 20.0. The molecule has 2 aromatic rings. The van der Waals surface area contributed by atoms with E-state index >= 15 is 0 Å². The SMILES string of the molecule is O=[S@]1CC2(CC2)c2nc(N3CC4(CC(c5ncc(Cl)cn5)C4)C3)nc(NC3(CO)CCC3)c21. The topological polar surface area (TPSA) is 104 Å². The summed E-state index contributed by atoms with van der Waals surface area (Å²) in [4.78, 5) is 21.7. The molecule has 3 saturated carbocycles. The fourth-order valence-electron chi connectivity index (χ4n) is 6.21. The van der Waals surface area contributed by atoms with Gasteiger partial charge in [0, 0.05) is 48.0 Å². The van der Waals surface area contributed by atoms with Gasteiger partial charge in [-0.1, -0.05) is 11.6 Å². The van der Waals surface area contributed by atoms with E-state index in [2.05, 4.69) is 20.2 Å². The van der Waals surface area contributed by atoms with Gasteiger partial charge >= 0.3 is 0 Å². The van der Waals surface area contributed by atoms with Gasteiger partial charge < -0.3 is 15.3 Å². The molecule has 5 aliphatic rings. The highest BCUT2D eigenvalue weighted by Gasteiger charge is 2.57. The molecule has 33 heavy (non-hydrogen) atoms. The Labute approximate surface area is 200 Å². The number of aliphatic hydroxyl groups excluding tert-OH is 1. The van der Waals surface area contributed by atoms with Crippen LogP contribution in [0, 0.1) is 5.41 Å². The second-order valence-corrected chi connectivity index (χ2v) is 12.8. The Kier molecular flexibility index (Phi) is 4.26. The molecule has 0 radical (unpaired) electrons. The number of fused-ring (bicyclic) bond motifs is 2. The standard InChI is InChI=1S/C23H27ClN6O2S/c24-15-8-25-18(26-9-15)14-6-21(7-14)10-30(11-21)20-27-17-16(33(32)13-22(17)4-5-22)19(28-20)29-23(12-31)2-1-3-23/h8-9,14,31H,1-7,10-13H2,(H,27,28,29)/t33-/m0/s1. The highest BCUT2D eigenvalue weighted by atomic mass is 35.5. The first kappa shape index (κ1) is 20.5. The number of aliphatic hydroxyl groups is 1. The van der Waals surface area contributed by atoms with Crippen LogP contribution in [0.3, 0.4) is 0 Å². The molecule has 1 saturated heterocycles. The molecular formula is C23H27ClN6O2S. The van der Waals surface area contributed by atoms with Gasteiger partial charge in [0.15, 0.2) is 0 Å². The molecule has 0 amide bonds. The van der Waals surface area contributed by atoms with Crippen LogP contribution in [0.4, 0.5) is 11.8 Å². The van der Waals surface area contributed by atoms with E-state index in [1.807, 2.05) is 0 Å². The van der Waals surface area contributed by atoms with Crippen molar-refractivity contribution in [1.29, 1.82) is 0 Å². The predicted molar refractivity (Wildman–Crippen MR) is 125 cm³/mol. The zero-order valence-electron chi connectivity index (χ0n) is 18.4. The first-order chi connectivity index (χ1) is 15.9. The quantitative estimate of drug-likeness (QED) is 0.664. The number of rotatable bonds is 5. The van der Waals surface area contributed by atoms with E-state index in [0.717, 1.165) is 80.4 Å². The minimum atomic E-state index is -1.08. The van der Waals surface area contributed by atoms with Crippen LogP contribution in [-0.2, 0) is 16.2 Å².